The standard InChI is InChI=1S/C27H23NO6/c29-26-22-15-20(33-16-19-9-8-17-4-1-2-7-23(17)28-19)10-11-24(22)32-13-12-25(26)34-21-6-3-5-18(14-21)27(30)31/h1-11,14-15,25-26,29H,12-13,16H2,(H,30,31). The number of ether oxygens (including phenoxy) is 3. The number of aromatic nitrogens is 1. The number of benzene rings is 3. The second-order valence-electron chi connectivity index (χ2n) is 8.05. The van der Waals surface area contributed by atoms with Crippen LogP contribution in [0.5, 0.6) is 17.2 Å². The fraction of sp³-hybridized carbons (Fsp3) is 0.185. The van der Waals surface area contributed by atoms with E-state index >= 15 is 0 Å². The molecule has 2 heterocycles. The van der Waals surface area contributed by atoms with Gasteiger partial charge >= 0.3 is 5.97 Å². The monoisotopic (exact) mass is 457 g/mol. The molecular formula is C27H23NO6. The number of para-hydroxylation sites is 1. The van der Waals surface area contributed by atoms with Crippen LogP contribution < -0.4 is 14.2 Å². The highest BCUT2D eigenvalue weighted by atomic mass is 16.5. The first kappa shape index (κ1) is 21.7. The van der Waals surface area contributed by atoms with Crippen LogP contribution in [0, 0.1) is 0 Å². The summed E-state index contributed by atoms with van der Waals surface area (Å²) in [5.41, 5.74) is 2.38. The van der Waals surface area contributed by atoms with Crippen molar-refractivity contribution in [3.05, 3.63) is 95.7 Å². The number of nitrogens with zero attached hydrogens (tertiary/aromatic N) is 1. The lowest BCUT2D eigenvalue weighted by Crippen LogP contribution is -2.25. The molecule has 34 heavy (non-hydrogen) atoms. The summed E-state index contributed by atoms with van der Waals surface area (Å²) in [4.78, 5) is 15.9. The van der Waals surface area contributed by atoms with Crippen LogP contribution in [-0.2, 0) is 6.61 Å². The number of pyridine rings is 1. The molecule has 7 heteroatoms. The van der Waals surface area contributed by atoms with E-state index in [-0.39, 0.29) is 12.2 Å². The van der Waals surface area contributed by atoms with Crippen molar-refractivity contribution in [2.75, 3.05) is 6.61 Å². The summed E-state index contributed by atoms with van der Waals surface area (Å²) in [6, 6.07) is 23.4. The van der Waals surface area contributed by atoms with Crippen LogP contribution in [0.3, 0.4) is 0 Å². The molecule has 0 amide bonds. The number of carboxylic acids is 1. The molecule has 1 aliphatic heterocycles. The van der Waals surface area contributed by atoms with Gasteiger partial charge in [0.2, 0.25) is 0 Å². The van der Waals surface area contributed by atoms with Gasteiger partial charge < -0.3 is 24.4 Å². The van der Waals surface area contributed by atoms with E-state index in [4.69, 9.17) is 14.2 Å². The Morgan fingerprint density at radius 1 is 1.00 bits per heavy atom. The van der Waals surface area contributed by atoms with Gasteiger partial charge in [0, 0.05) is 17.4 Å². The molecule has 172 valence electrons. The maximum absolute atomic E-state index is 11.3. The zero-order chi connectivity index (χ0) is 23.5. The van der Waals surface area contributed by atoms with Crippen LogP contribution in [-0.4, -0.2) is 33.9 Å². The molecule has 0 saturated carbocycles. The molecule has 2 unspecified atom stereocenters. The number of aliphatic hydroxyl groups is 1. The third-order valence-corrected chi connectivity index (χ3v) is 5.72. The van der Waals surface area contributed by atoms with E-state index in [0.717, 1.165) is 16.6 Å². The second kappa shape index (κ2) is 9.41. The maximum Gasteiger partial charge on any atom is 0.335 e. The molecule has 5 rings (SSSR count). The average molecular weight is 457 g/mol. The first-order valence-corrected chi connectivity index (χ1v) is 11.0. The van der Waals surface area contributed by atoms with Crippen molar-refractivity contribution in [3.8, 4) is 17.2 Å². The van der Waals surface area contributed by atoms with Gasteiger partial charge in [0.05, 0.1) is 23.4 Å². The van der Waals surface area contributed by atoms with Crippen molar-refractivity contribution < 1.29 is 29.2 Å². The topological polar surface area (TPSA) is 98.1 Å². The summed E-state index contributed by atoms with van der Waals surface area (Å²) in [5.74, 6) is 0.476. The van der Waals surface area contributed by atoms with E-state index in [2.05, 4.69) is 4.98 Å². The molecule has 4 aromatic rings. The van der Waals surface area contributed by atoms with Gasteiger partial charge in [-0.1, -0.05) is 30.3 Å². The third kappa shape index (κ3) is 4.65. The van der Waals surface area contributed by atoms with Crippen LogP contribution in [0.15, 0.2) is 78.9 Å². The average Bonchev–Trinajstić information content (AvgIpc) is 3.01. The molecule has 0 spiro atoms. The Labute approximate surface area is 196 Å². The summed E-state index contributed by atoms with van der Waals surface area (Å²) in [6.45, 7) is 0.636. The summed E-state index contributed by atoms with van der Waals surface area (Å²) in [6.07, 6.45) is -1.15. The molecule has 0 aliphatic carbocycles. The quantitative estimate of drug-likeness (QED) is 0.430. The number of carbonyl (C=O) groups is 1. The van der Waals surface area contributed by atoms with Crippen LogP contribution in [0.1, 0.15) is 34.1 Å². The predicted octanol–water partition coefficient (Wildman–Crippen LogP) is 4.78. The minimum Gasteiger partial charge on any atom is -0.493 e. The minimum atomic E-state index is -1.04. The third-order valence-electron chi connectivity index (χ3n) is 5.72. The zero-order valence-electron chi connectivity index (χ0n) is 18.3. The lowest BCUT2D eigenvalue weighted by atomic mass is 10.0. The SMILES string of the molecule is O=C(O)c1cccc(OC2CCOc3ccc(OCc4ccc5ccccc5n4)cc3C2O)c1. The van der Waals surface area contributed by atoms with Crippen molar-refractivity contribution in [2.24, 2.45) is 0 Å². The van der Waals surface area contributed by atoms with Crippen LogP contribution in [0.2, 0.25) is 0 Å². The lowest BCUT2D eigenvalue weighted by Gasteiger charge is -2.22. The smallest absolute Gasteiger partial charge is 0.335 e. The van der Waals surface area contributed by atoms with Gasteiger partial charge in [-0.05, 0) is 48.5 Å². The molecule has 0 saturated heterocycles. The van der Waals surface area contributed by atoms with E-state index in [1.165, 1.54) is 12.1 Å². The fourth-order valence-electron chi connectivity index (χ4n) is 3.97. The molecule has 0 radical (unpaired) electrons. The number of aromatic carboxylic acids is 1. The van der Waals surface area contributed by atoms with Gasteiger partial charge in [0.15, 0.2) is 0 Å². The van der Waals surface area contributed by atoms with Crippen LogP contribution in [0.25, 0.3) is 10.9 Å². The Morgan fingerprint density at radius 2 is 1.88 bits per heavy atom. The van der Waals surface area contributed by atoms with E-state index in [1.54, 1.807) is 30.3 Å². The Kier molecular flexibility index (Phi) is 6.01. The van der Waals surface area contributed by atoms with Gasteiger partial charge in [-0.15, -0.1) is 0 Å². The van der Waals surface area contributed by atoms with E-state index < -0.39 is 18.2 Å². The molecular weight excluding hydrogens is 434 g/mol. The highest BCUT2D eigenvalue weighted by Crippen LogP contribution is 2.36. The summed E-state index contributed by atoms with van der Waals surface area (Å²) in [5, 5.41) is 21.4. The summed E-state index contributed by atoms with van der Waals surface area (Å²) >= 11 is 0. The molecule has 1 aromatic heterocycles. The Balaban J connectivity index is 1.32. The van der Waals surface area contributed by atoms with E-state index in [9.17, 15) is 15.0 Å². The number of hydrogen-bond donors (Lipinski definition) is 2. The summed E-state index contributed by atoms with van der Waals surface area (Å²) in [7, 11) is 0. The van der Waals surface area contributed by atoms with Crippen molar-refractivity contribution in [3.63, 3.8) is 0 Å². The molecule has 2 atom stereocenters. The minimum absolute atomic E-state index is 0.121. The maximum atomic E-state index is 11.3. The highest BCUT2D eigenvalue weighted by Gasteiger charge is 2.29. The Morgan fingerprint density at radius 3 is 2.76 bits per heavy atom. The van der Waals surface area contributed by atoms with Gasteiger partial charge in [0.1, 0.15) is 36.1 Å². The second-order valence-corrected chi connectivity index (χ2v) is 8.05. The highest BCUT2D eigenvalue weighted by molar-refractivity contribution is 5.88. The normalized spacial score (nSPS) is 17.3. The molecule has 1 aliphatic rings. The van der Waals surface area contributed by atoms with Crippen molar-refractivity contribution in [2.45, 2.75) is 25.2 Å². The van der Waals surface area contributed by atoms with Gasteiger partial charge in [-0.25, -0.2) is 9.78 Å². The van der Waals surface area contributed by atoms with Gasteiger partial charge in [-0.3, -0.25) is 0 Å². The number of carboxylic acid groups (broad SMARTS) is 1. The molecule has 0 fully saturated rings. The van der Waals surface area contributed by atoms with E-state index in [1.807, 2.05) is 36.4 Å². The van der Waals surface area contributed by atoms with E-state index in [0.29, 0.717) is 35.8 Å². The number of hydrogen-bond acceptors (Lipinski definition) is 6. The van der Waals surface area contributed by atoms with Gasteiger partial charge in [0.25, 0.3) is 0 Å². The first-order chi connectivity index (χ1) is 16.6. The van der Waals surface area contributed by atoms with Crippen LogP contribution in [0.4, 0.5) is 0 Å². The summed E-state index contributed by atoms with van der Waals surface area (Å²) < 4.78 is 17.7. The molecule has 3 aromatic carbocycles. The fourth-order valence-corrected chi connectivity index (χ4v) is 3.97. The number of fused-ring (bicyclic) bond motifs is 2. The number of aliphatic hydroxyl groups excluding tert-OH is 1. The van der Waals surface area contributed by atoms with Crippen LogP contribution >= 0.6 is 0 Å². The zero-order valence-corrected chi connectivity index (χ0v) is 18.3. The first-order valence-electron chi connectivity index (χ1n) is 11.0. The predicted molar refractivity (Wildman–Crippen MR) is 125 cm³/mol. The van der Waals surface area contributed by atoms with Crippen molar-refractivity contribution in [1.82, 2.24) is 4.98 Å². The number of rotatable bonds is 6. The van der Waals surface area contributed by atoms with Crippen molar-refractivity contribution in [1.29, 1.82) is 0 Å². The van der Waals surface area contributed by atoms with Crippen molar-refractivity contribution >= 4 is 16.9 Å². The molecule has 7 nitrogen and oxygen atoms in total. The largest absolute Gasteiger partial charge is 0.493 e. The Bertz CT molecular complexity index is 1340. The lowest BCUT2D eigenvalue weighted by molar-refractivity contribution is 0.0310. The Hall–Kier alpha value is -4.10. The van der Waals surface area contributed by atoms with Gasteiger partial charge in [-0.2, -0.15) is 0 Å². The molecule has 2 N–H and O–H groups in total. The molecule has 0 bridgehead atoms.